The Morgan fingerprint density at radius 2 is 1.46 bits per heavy atom. The van der Waals surface area contributed by atoms with Crippen LogP contribution in [0.1, 0.15) is 26.3 Å². The minimum Gasteiger partial charge on any atom is -0.352 e. The summed E-state index contributed by atoms with van der Waals surface area (Å²) in [5, 5.41) is 14.0. The topological polar surface area (TPSA) is 130 Å². The van der Waals surface area contributed by atoms with E-state index in [9.17, 15) is 28.1 Å². The number of rotatable bonds is 12. The maximum atomic E-state index is 13.8. The lowest BCUT2D eigenvalue weighted by atomic mass is 10.1. The number of nitrogens with one attached hydrogen (secondary N) is 1. The molecule has 0 saturated carbocycles. The van der Waals surface area contributed by atoms with Crippen LogP contribution in [0.2, 0.25) is 0 Å². The first-order chi connectivity index (χ1) is 18.5. The first-order valence-electron chi connectivity index (χ1n) is 12.5. The summed E-state index contributed by atoms with van der Waals surface area (Å²) in [5.74, 6) is -0.950. The highest BCUT2D eigenvalue weighted by Gasteiger charge is 2.32. The van der Waals surface area contributed by atoms with Crippen molar-refractivity contribution in [2.24, 2.45) is 0 Å². The second-order valence-electron chi connectivity index (χ2n) is 9.26. The average Bonchev–Trinajstić information content (AvgIpc) is 2.92. The monoisotopic (exact) mass is 552 g/mol. The number of nitro groups is 1. The molecule has 0 radical (unpaired) electrons. The average molecular weight is 553 g/mol. The van der Waals surface area contributed by atoms with Crippen molar-refractivity contribution < 1.29 is 22.9 Å². The van der Waals surface area contributed by atoms with Crippen LogP contribution in [0.3, 0.4) is 0 Å². The molecule has 0 aromatic heterocycles. The Kier molecular flexibility index (Phi) is 9.78. The summed E-state index contributed by atoms with van der Waals surface area (Å²) >= 11 is 0. The predicted octanol–water partition coefficient (Wildman–Crippen LogP) is 3.77. The second-order valence-corrected chi connectivity index (χ2v) is 11.1. The molecule has 0 heterocycles. The molecular formula is C28H32N4O6S. The molecule has 0 aliphatic heterocycles. The molecule has 3 aromatic carbocycles. The van der Waals surface area contributed by atoms with Crippen LogP contribution in [-0.4, -0.2) is 55.2 Å². The van der Waals surface area contributed by atoms with E-state index in [1.807, 2.05) is 44.2 Å². The number of carbonyl (C=O) groups is 2. The van der Waals surface area contributed by atoms with Gasteiger partial charge < -0.3 is 10.2 Å². The van der Waals surface area contributed by atoms with Crippen molar-refractivity contribution in [2.75, 3.05) is 17.4 Å². The summed E-state index contributed by atoms with van der Waals surface area (Å²) in [5.41, 5.74) is 0.821. The van der Waals surface area contributed by atoms with E-state index in [2.05, 4.69) is 5.32 Å². The number of non-ortho nitro benzene ring substituents is 1. The molecule has 0 saturated heterocycles. The van der Waals surface area contributed by atoms with Gasteiger partial charge in [-0.25, -0.2) is 8.42 Å². The summed E-state index contributed by atoms with van der Waals surface area (Å²) in [6.45, 7) is 4.79. The molecule has 11 heteroatoms. The highest BCUT2D eigenvalue weighted by molar-refractivity contribution is 7.92. The zero-order valence-corrected chi connectivity index (χ0v) is 22.9. The fourth-order valence-electron chi connectivity index (χ4n) is 3.96. The van der Waals surface area contributed by atoms with Gasteiger partial charge in [-0.2, -0.15) is 0 Å². The van der Waals surface area contributed by atoms with Gasteiger partial charge >= 0.3 is 0 Å². The van der Waals surface area contributed by atoms with Crippen molar-refractivity contribution in [2.45, 2.75) is 44.2 Å². The molecule has 0 spiro atoms. The first-order valence-corrected chi connectivity index (χ1v) is 13.9. The number of carbonyl (C=O) groups excluding carboxylic acids is 2. The van der Waals surface area contributed by atoms with E-state index in [1.54, 1.807) is 25.1 Å². The van der Waals surface area contributed by atoms with Gasteiger partial charge in [0.25, 0.3) is 15.7 Å². The van der Waals surface area contributed by atoms with E-state index >= 15 is 0 Å². The zero-order chi connectivity index (χ0) is 28.6. The maximum Gasteiger partial charge on any atom is 0.269 e. The minimum absolute atomic E-state index is 0.0439. The van der Waals surface area contributed by atoms with Gasteiger partial charge in [0.2, 0.25) is 11.8 Å². The van der Waals surface area contributed by atoms with Crippen LogP contribution in [0.25, 0.3) is 0 Å². The van der Waals surface area contributed by atoms with Crippen LogP contribution in [0.4, 0.5) is 11.4 Å². The van der Waals surface area contributed by atoms with Crippen LogP contribution < -0.4 is 9.62 Å². The van der Waals surface area contributed by atoms with Gasteiger partial charge in [0.15, 0.2) is 0 Å². The fourth-order valence-corrected chi connectivity index (χ4v) is 5.40. The number of sulfonamides is 1. The molecule has 0 fully saturated rings. The maximum absolute atomic E-state index is 13.8. The van der Waals surface area contributed by atoms with Gasteiger partial charge in [-0.05, 0) is 57.0 Å². The Bertz CT molecular complexity index is 1380. The van der Waals surface area contributed by atoms with Crippen molar-refractivity contribution in [3.63, 3.8) is 0 Å². The van der Waals surface area contributed by atoms with Gasteiger partial charge in [0.05, 0.1) is 15.5 Å². The van der Waals surface area contributed by atoms with Crippen molar-refractivity contribution in [1.82, 2.24) is 10.2 Å². The summed E-state index contributed by atoms with van der Waals surface area (Å²) in [6.07, 6.45) is 0.453. The Labute approximate surface area is 228 Å². The minimum atomic E-state index is -4.23. The smallest absolute Gasteiger partial charge is 0.269 e. The van der Waals surface area contributed by atoms with Crippen LogP contribution in [0.15, 0.2) is 89.8 Å². The lowest BCUT2D eigenvalue weighted by molar-refractivity contribution is -0.384. The normalized spacial score (nSPS) is 12.0. The molecular weight excluding hydrogens is 520 g/mol. The van der Waals surface area contributed by atoms with E-state index < -0.39 is 33.4 Å². The molecule has 39 heavy (non-hydrogen) atoms. The van der Waals surface area contributed by atoms with Crippen LogP contribution in [-0.2, 0) is 26.0 Å². The molecule has 2 amide bonds. The molecule has 0 bridgehead atoms. The fraction of sp³-hybridized carbons (Fsp3) is 0.286. The number of amides is 2. The third-order valence-corrected chi connectivity index (χ3v) is 7.83. The number of hydrogen-bond acceptors (Lipinski definition) is 6. The number of benzene rings is 3. The lowest BCUT2D eigenvalue weighted by Crippen LogP contribution is -2.53. The van der Waals surface area contributed by atoms with Crippen LogP contribution in [0, 0.1) is 10.1 Å². The molecule has 0 unspecified atom stereocenters. The van der Waals surface area contributed by atoms with Gasteiger partial charge in [0, 0.05) is 24.7 Å². The molecule has 3 rings (SSSR count). The summed E-state index contributed by atoms with van der Waals surface area (Å²) in [4.78, 5) is 38.5. The van der Waals surface area contributed by atoms with E-state index in [0.717, 1.165) is 9.87 Å². The molecule has 3 aromatic rings. The van der Waals surface area contributed by atoms with Crippen molar-refractivity contribution >= 4 is 33.2 Å². The third kappa shape index (κ3) is 7.64. The highest BCUT2D eigenvalue weighted by atomic mass is 32.2. The SMILES string of the molecule is CC(C)NC(=O)[C@@H](C)N(CCc1ccccc1)C(=O)CN(c1ccc([N+](=O)[O-])cc1)S(=O)(=O)c1ccccc1. The van der Waals surface area contributed by atoms with Crippen molar-refractivity contribution in [1.29, 1.82) is 0 Å². The quantitative estimate of drug-likeness (QED) is 0.269. The molecule has 206 valence electrons. The predicted molar refractivity (Wildman–Crippen MR) is 149 cm³/mol. The molecule has 10 nitrogen and oxygen atoms in total. The second kappa shape index (κ2) is 13.0. The molecule has 1 atom stereocenters. The summed E-state index contributed by atoms with van der Waals surface area (Å²) in [7, 11) is -4.23. The number of anilines is 1. The van der Waals surface area contributed by atoms with E-state index in [1.165, 1.54) is 41.3 Å². The van der Waals surface area contributed by atoms with Crippen molar-refractivity contribution in [3.8, 4) is 0 Å². The summed E-state index contributed by atoms with van der Waals surface area (Å²) < 4.78 is 28.3. The standard InChI is InChI=1S/C28H32N4O6S/c1-21(2)29-28(34)22(3)30(19-18-23-10-6-4-7-11-23)27(33)20-31(24-14-16-25(17-15-24)32(35)36)39(37,38)26-12-8-5-9-13-26/h4-17,21-22H,18-20H2,1-3H3,(H,29,34)/t22-/m1/s1. The Morgan fingerprint density at radius 3 is 2.00 bits per heavy atom. The van der Waals surface area contributed by atoms with E-state index in [-0.39, 0.29) is 34.8 Å². The van der Waals surface area contributed by atoms with Gasteiger partial charge in [-0.15, -0.1) is 0 Å². The van der Waals surface area contributed by atoms with Crippen molar-refractivity contribution in [3.05, 3.63) is 101 Å². The Balaban J connectivity index is 1.98. The van der Waals surface area contributed by atoms with Gasteiger partial charge in [-0.1, -0.05) is 48.5 Å². The number of nitro benzene ring substituents is 1. The summed E-state index contributed by atoms with van der Waals surface area (Å²) in [6, 6.07) is 21.0. The third-order valence-electron chi connectivity index (χ3n) is 6.04. The van der Waals surface area contributed by atoms with Gasteiger partial charge in [-0.3, -0.25) is 24.0 Å². The molecule has 1 N–H and O–H groups in total. The van der Waals surface area contributed by atoms with Gasteiger partial charge in [0.1, 0.15) is 12.6 Å². The van der Waals surface area contributed by atoms with E-state index in [4.69, 9.17) is 0 Å². The number of nitrogens with zero attached hydrogens (tertiary/aromatic N) is 3. The first kappa shape index (κ1) is 29.3. The highest BCUT2D eigenvalue weighted by Crippen LogP contribution is 2.26. The Hall–Kier alpha value is -4.25. The van der Waals surface area contributed by atoms with Crippen LogP contribution in [0.5, 0.6) is 0 Å². The zero-order valence-electron chi connectivity index (χ0n) is 22.1. The number of hydrogen-bond donors (Lipinski definition) is 1. The Morgan fingerprint density at radius 1 is 0.897 bits per heavy atom. The molecule has 0 aliphatic carbocycles. The van der Waals surface area contributed by atoms with E-state index in [0.29, 0.717) is 6.42 Å². The lowest BCUT2D eigenvalue weighted by Gasteiger charge is -2.32. The molecule has 0 aliphatic rings. The largest absolute Gasteiger partial charge is 0.352 e. The van der Waals surface area contributed by atoms with Crippen LogP contribution >= 0.6 is 0 Å².